The SMILES string of the molecule is CC[C@](C)(C[C@H]1O[C@@H](c2cn(C)c(=O)[nH]c2=O)[C@H](O)[C@@H]1O)OP(=O)(O)C(C)O. The van der Waals surface area contributed by atoms with Crippen LogP contribution < -0.4 is 11.2 Å². The highest BCUT2D eigenvalue weighted by Gasteiger charge is 2.48. The maximum Gasteiger partial charge on any atom is 0.356 e. The lowest BCUT2D eigenvalue weighted by Crippen LogP contribution is -2.39. The molecule has 1 aromatic heterocycles. The van der Waals surface area contributed by atoms with E-state index in [9.17, 15) is 34.4 Å². The zero-order chi connectivity index (χ0) is 21.4. The number of aliphatic hydroxyl groups is 3. The van der Waals surface area contributed by atoms with Crippen molar-refractivity contribution < 1.29 is 34.0 Å². The Hall–Kier alpha value is -1.33. The van der Waals surface area contributed by atoms with Gasteiger partial charge in [0, 0.05) is 19.7 Å². The molecule has 0 bridgehead atoms. The van der Waals surface area contributed by atoms with Crippen molar-refractivity contribution in [3.8, 4) is 0 Å². The summed E-state index contributed by atoms with van der Waals surface area (Å²) in [7, 11) is -2.91. The molecule has 5 N–H and O–H groups in total. The molecule has 2 heterocycles. The number of aromatic amines is 1. The Balaban J connectivity index is 2.26. The fraction of sp³-hybridized carbons (Fsp3) is 0.750. The maximum absolute atomic E-state index is 12.1. The molecule has 11 nitrogen and oxygen atoms in total. The molecule has 1 aromatic rings. The molecule has 0 aromatic carbocycles. The maximum atomic E-state index is 12.1. The third-order valence-corrected chi connectivity index (χ3v) is 6.66. The Kier molecular flexibility index (Phi) is 6.72. The summed E-state index contributed by atoms with van der Waals surface area (Å²) in [6.07, 6.45) is -3.69. The smallest absolute Gasteiger partial charge is 0.356 e. The summed E-state index contributed by atoms with van der Waals surface area (Å²) in [6, 6.07) is 0. The first kappa shape index (κ1) is 23.0. The number of nitrogens with one attached hydrogen (secondary N) is 1. The van der Waals surface area contributed by atoms with Crippen LogP contribution in [-0.2, 0) is 20.9 Å². The molecule has 12 heteroatoms. The van der Waals surface area contributed by atoms with Crippen molar-refractivity contribution in [2.24, 2.45) is 7.05 Å². The van der Waals surface area contributed by atoms with Gasteiger partial charge in [-0.05, 0) is 20.3 Å². The van der Waals surface area contributed by atoms with Crippen molar-refractivity contribution in [2.75, 3.05) is 0 Å². The van der Waals surface area contributed by atoms with Gasteiger partial charge in [0.15, 0.2) is 5.85 Å². The predicted molar refractivity (Wildman–Crippen MR) is 97.8 cm³/mol. The summed E-state index contributed by atoms with van der Waals surface area (Å²) >= 11 is 0. The number of rotatable bonds is 7. The minimum absolute atomic E-state index is 0.0351. The largest absolute Gasteiger partial charge is 0.388 e. The third-order valence-electron chi connectivity index (χ3n) is 5.01. The van der Waals surface area contributed by atoms with E-state index in [0.29, 0.717) is 0 Å². The number of H-pyrrole nitrogens is 1. The number of hydrogen-bond donors (Lipinski definition) is 5. The fourth-order valence-electron chi connectivity index (χ4n) is 3.02. The van der Waals surface area contributed by atoms with Crippen LogP contribution in [0.2, 0.25) is 0 Å². The molecule has 0 radical (unpaired) electrons. The van der Waals surface area contributed by atoms with Crippen LogP contribution in [0.4, 0.5) is 0 Å². The van der Waals surface area contributed by atoms with Gasteiger partial charge in [-0.2, -0.15) is 0 Å². The Labute approximate surface area is 161 Å². The first-order chi connectivity index (χ1) is 12.8. The van der Waals surface area contributed by atoms with E-state index in [0.717, 1.165) is 11.5 Å². The van der Waals surface area contributed by atoms with Crippen molar-refractivity contribution >= 4 is 7.60 Å². The Morgan fingerprint density at radius 3 is 2.54 bits per heavy atom. The van der Waals surface area contributed by atoms with Crippen LogP contribution in [0, 0.1) is 0 Å². The van der Waals surface area contributed by atoms with Crippen molar-refractivity contribution in [1.29, 1.82) is 0 Å². The highest BCUT2D eigenvalue weighted by molar-refractivity contribution is 7.53. The topological polar surface area (TPSA) is 171 Å². The van der Waals surface area contributed by atoms with Crippen molar-refractivity contribution in [3.63, 3.8) is 0 Å². The lowest BCUT2D eigenvalue weighted by atomic mass is 9.92. The Bertz CT molecular complexity index is 866. The molecule has 2 rings (SSSR count). The van der Waals surface area contributed by atoms with Gasteiger partial charge in [0.1, 0.15) is 18.3 Å². The number of aliphatic hydroxyl groups excluding tert-OH is 3. The van der Waals surface area contributed by atoms with E-state index in [4.69, 9.17) is 9.26 Å². The van der Waals surface area contributed by atoms with Crippen molar-refractivity contribution in [1.82, 2.24) is 9.55 Å². The minimum Gasteiger partial charge on any atom is -0.388 e. The molecule has 1 aliphatic rings. The second-order valence-electron chi connectivity index (χ2n) is 7.33. The van der Waals surface area contributed by atoms with Gasteiger partial charge in [0.05, 0.1) is 17.3 Å². The first-order valence-electron chi connectivity index (χ1n) is 8.84. The van der Waals surface area contributed by atoms with Gasteiger partial charge >= 0.3 is 13.3 Å². The molecule has 7 atom stereocenters. The lowest BCUT2D eigenvalue weighted by molar-refractivity contribution is -0.0494. The summed E-state index contributed by atoms with van der Waals surface area (Å²) in [5.41, 5.74) is -2.67. The molecule has 0 spiro atoms. The van der Waals surface area contributed by atoms with Crippen LogP contribution in [0.15, 0.2) is 15.8 Å². The standard InChI is InChI=1S/C16H27N2O9P/c1-5-16(3,27-28(24,25)8(2)19)6-10-11(20)12(21)13(26-10)9-7-18(4)15(23)17-14(9)22/h7-8,10-13,19-21H,5-6H2,1-4H3,(H,24,25)(H,17,22,23)/t8?,10-,11-,12-,13+,16-/m1/s1. The summed E-state index contributed by atoms with van der Waals surface area (Å²) in [6.45, 7) is 4.34. The van der Waals surface area contributed by atoms with Gasteiger partial charge in [0.2, 0.25) is 0 Å². The second kappa shape index (κ2) is 8.19. The van der Waals surface area contributed by atoms with E-state index in [1.165, 1.54) is 20.2 Å². The molecule has 1 fully saturated rings. The van der Waals surface area contributed by atoms with Crippen LogP contribution in [0.25, 0.3) is 0 Å². The van der Waals surface area contributed by atoms with E-state index >= 15 is 0 Å². The number of hydrogen-bond acceptors (Lipinski definition) is 8. The van der Waals surface area contributed by atoms with Crippen LogP contribution in [0.5, 0.6) is 0 Å². The molecular formula is C16H27N2O9P. The van der Waals surface area contributed by atoms with E-state index < -0.39 is 54.7 Å². The Morgan fingerprint density at radius 1 is 1.39 bits per heavy atom. The summed E-state index contributed by atoms with van der Waals surface area (Å²) in [4.78, 5) is 35.5. The summed E-state index contributed by atoms with van der Waals surface area (Å²) in [5, 5.41) is 30.2. The average molecular weight is 422 g/mol. The third kappa shape index (κ3) is 4.62. The fourth-order valence-corrected chi connectivity index (χ4v) is 4.01. The highest BCUT2D eigenvalue weighted by Crippen LogP contribution is 2.52. The van der Waals surface area contributed by atoms with Gasteiger partial charge in [-0.15, -0.1) is 0 Å². The zero-order valence-corrected chi connectivity index (χ0v) is 17.0. The molecule has 1 saturated heterocycles. The second-order valence-corrected chi connectivity index (χ2v) is 9.38. The molecule has 1 aliphatic heterocycles. The van der Waals surface area contributed by atoms with Crippen LogP contribution in [0.1, 0.15) is 45.3 Å². The number of ether oxygens (including phenoxy) is 1. The average Bonchev–Trinajstić information content (AvgIpc) is 2.85. The van der Waals surface area contributed by atoms with Gasteiger partial charge in [-0.1, -0.05) is 6.92 Å². The lowest BCUT2D eigenvalue weighted by Gasteiger charge is -2.34. The zero-order valence-electron chi connectivity index (χ0n) is 16.1. The van der Waals surface area contributed by atoms with Crippen LogP contribution in [0.3, 0.4) is 0 Å². The van der Waals surface area contributed by atoms with E-state index in [1.807, 2.05) is 0 Å². The quantitative estimate of drug-likeness (QED) is 0.358. The molecule has 0 amide bonds. The molecule has 0 aliphatic carbocycles. The van der Waals surface area contributed by atoms with Crippen molar-refractivity contribution in [3.05, 3.63) is 32.6 Å². The number of aromatic nitrogens is 2. The van der Waals surface area contributed by atoms with Crippen LogP contribution in [-0.4, -0.2) is 59.5 Å². The molecule has 0 saturated carbocycles. The van der Waals surface area contributed by atoms with Gasteiger partial charge < -0.3 is 34.0 Å². The predicted octanol–water partition coefficient (Wildman–Crippen LogP) is -0.666. The summed E-state index contributed by atoms with van der Waals surface area (Å²) < 4.78 is 24.1. The Morgan fingerprint density at radius 2 is 2.00 bits per heavy atom. The summed E-state index contributed by atoms with van der Waals surface area (Å²) in [5.74, 6) is -1.60. The van der Waals surface area contributed by atoms with Crippen LogP contribution >= 0.6 is 7.60 Å². The minimum atomic E-state index is -4.32. The molecule has 28 heavy (non-hydrogen) atoms. The normalized spacial score (nSPS) is 30.6. The van der Waals surface area contributed by atoms with Gasteiger partial charge in [-0.3, -0.25) is 14.3 Å². The number of nitrogens with zero attached hydrogens (tertiary/aromatic N) is 1. The van der Waals surface area contributed by atoms with Crippen molar-refractivity contribution in [2.45, 2.75) is 69.5 Å². The van der Waals surface area contributed by atoms with Gasteiger partial charge in [0.25, 0.3) is 5.56 Å². The number of aryl methyl sites for hydroxylation is 1. The molecule has 2 unspecified atom stereocenters. The monoisotopic (exact) mass is 422 g/mol. The van der Waals surface area contributed by atoms with E-state index in [1.54, 1.807) is 6.92 Å². The van der Waals surface area contributed by atoms with Gasteiger partial charge in [-0.25, -0.2) is 4.79 Å². The van der Waals surface area contributed by atoms with E-state index in [2.05, 4.69) is 4.98 Å². The first-order valence-corrected chi connectivity index (χ1v) is 10.5. The highest BCUT2D eigenvalue weighted by atomic mass is 31.2. The molecule has 160 valence electrons. The van der Waals surface area contributed by atoms with E-state index in [-0.39, 0.29) is 18.4 Å². The molecular weight excluding hydrogens is 395 g/mol.